The maximum absolute atomic E-state index is 5.98. The molecule has 1 N–H and O–H groups in total. The van der Waals surface area contributed by atoms with E-state index in [9.17, 15) is 0 Å². The molecule has 3 unspecified atom stereocenters. The third-order valence-corrected chi connectivity index (χ3v) is 5.50. The van der Waals surface area contributed by atoms with Crippen molar-refractivity contribution in [1.29, 1.82) is 0 Å². The standard InChI is InChI=1S/C19H29NO/c1-13(2)15-9-7-14(8-10-15)12-20-17-16-6-5-11-21-18(16)19(17,3)4/h7-10,13,16-18,20H,5-6,11-12H2,1-4H3. The molecule has 2 fully saturated rings. The van der Waals surface area contributed by atoms with Gasteiger partial charge in [-0.2, -0.15) is 0 Å². The van der Waals surface area contributed by atoms with Gasteiger partial charge >= 0.3 is 0 Å². The van der Waals surface area contributed by atoms with Gasteiger partial charge in [0.1, 0.15) is 0 Å². The monoisotopic (exact) mass is 287 g/mol. The molecule has 2 nitrogen and oxygen atoms in total. The maximum atomic E-state index is 5.98. The molecule has 2 aliphatic rings. The Hall–Kier alpha value is -0.860. The summed E-state index contributed by atoms with van der Waals surface area (Å²) in [7, 11) is 0. The molecule has 1 aliphatic heterocycles. The van der Waals surface area contributed by atoms with Crippen LogP contribution in [-0.4, -0.2) is 18.8 Å². The minimum atomic E-state index is 0.267. The predicted molar refractivity (Wildman–Crippen MR) is 87.4 cm³/mol. The van der Waals surface area contributed by atoms with Gasteiger partial charge in [-0.25, -0.2) is 0 Å². The first kappa shape index (κ1) is 15.1. The highest BCUT2D eigenvalue weighted by atomic mass is 16.5. The summed E-state index contributed by atoms with van der Waals surface area (Å²) in [6.45, 7) is 11.1. The van der Waals surface area contributed by atoms with Gasteiger partial charge < -0.3 is 10.1 Å². The van der Waals surface area contributed by atoms with E-state index in [1.165, 1.54) is 24.0 Å². The van der Waals surface area contributed by atoms with Crippen molar-refractivity contribution < 1.29 is 4.74 Å². The van der Waals surface area contributed by atoms with E-state index >= 15 is 0 Å². The van der Waals surface area contributed by atoms with Crippen LogP contribution in [0.2, 0.25) is 0 Å². The molecule has 116 valence electrons. The van der Waals surface area contributed by atoms with Gasteiger partial charge in [0, 0.05) is 30.5 Å². The van der Waals surface area contributed by atoms with Gasteiger partial charge in [-0.15, -0.1) is 0 Å². The molecule has 1 heterocycles. The zero-order valence-electron chi connectivity index (χ0n) is 13.9. The molecule has 0 spiro atoms. The molecule has 2 heteroatoms. The van der Waals surface area contributed by atoms with Crippen LogP contribution in [-0.2, 0) is 11.3 Å². The number of benzene rings is 1. The molecule has 21 heavy (non-hydrogen) atoms. The van der Waals surface area contributed by atoms with Gasteiger partial charge in [0.25, 0.3) is 0 Å². The molecule has 1 saturated heterocycles. The zero-order chi connectivity index (χ0) is 15.0. The summed E-state index contributed by atoms with van der Waals surface area (Å²) in [6, 6.07) is 9.65. The molecule has 1 aromatic carbocycles. The SMILES string of the molecule is CC(C)c1ccc(CNC2C3CCCOC3C2(C)C)cc1. The van der Waals surface area contributed by atoms with Crippen molar-refractivity contribution in [3.63, 3.8) is 0 Å². The summed E-state index contributed by atoms with van der Waals surface area (Å²) < 4.78 is 5.98. The van der Waals surface area contributed by atoms with E-state index in [1.807, 2.05) is 0 Å². The Morgan fingerprint density at radius 2 is 1.95 bits per heavy atom. The van der Waals surface area contributed by atoms with Gasteiger partial charge in [0.15, 0.2) is 0 Å². The van der Waals surface area contributed by atoms with Crippen LogP contribution in [0.25, 0.3) is 0 Å². The highest BCUT2D eigenvalue weighted by Gasteiger charge is 2.57. The number of nitrogens with one attached hydrogen (secondary N) is 1. The van der Waals surface area contributed by atoms with Gasteiger partial charge in [-0.3, -0.25) is 0 Å². The molecule has 0 amide bonds. The van der Waals surface area contributed by atoms with Gasteiger partial charge in [-0.1, -0.05) is 52.0 Å². The van der Waals surface area contributed by atoms with Crippen molar-refractivity contribution in [2.24, 2.45) is 11.3 Å². The minimum Gasteiger partial charge on any atom is -0.377 e. The third-order valence-electron chi connectivity index (χ3n) is 5.50. The van der Waals surface area contributed by atoms with Crippen molar-refractivity contribution in [2.45, 2.75) is 65.1 Å². The van der Waals surface area contributed by atoms with E-state index in [0.29, 0.717) is 24.0 Å². The van der Waals surface area contributed by atoms with Crippen molar-refractivity contribution in [3.05, 3.63) is 35.4 Å². The van der Waals surface area contributed by atoms with Gasteiger partial charge in [-0.05, 0) is 29.9 Å². The number of rotatable bonds is 4. The fourth-order valence-electron chi connectivity index (χ4n) is 4.19. The number of ether oxygens (including phenoxy) is 1. The molecule has 0 radical (unpaired) electrons. The molecular weight excluding hydrogens is 258 g/mol. The van der Waals surface area contributed by atoms with Gasteiger partial charge in [0.05, 0.1) is 6.10 Å². The maximum Gasteiger partial charge on any atom is 0.0684 e. The van der Waals surface area contributed by atoms with Crippen molar-refractivity contribution in [2.75, 3.05) is 6.61 Å². The Morgan fingerprint density at radius 1 is 1.24 bits per heavy atom. The van der Waals surface area contributed by atoms with E-state index in [1.54, 1.807) is 0 Å². The van der Waals surface area contributed by atoms with Crippen LogP contribution in [0.15, 0.2) is 24.3 Å². The Kier molecular flexibility index (Phi) is 4.11. The lowest BCUT2D eigenvalue weighted by Gasteiger charge is -2.60. The topological polar surface area (TPSA) is 21.3 Å². The second-order valence-corrected chi connectivity index (χ2v) is 7.67. The Labute approximate surface area is 129 Å². The fourth-order valence-corrected chi connectivity index (χ4v) is 4.19. The predicted octanol–water partition coefficient (Wildman–Crippen LogP) is 4.10. The highest BCUT2D eigenvalue weighted by Crippen LogP contribution is 2.51. The van der Waals surface area contributed by atoms with E-state index in [2.05, 4.69) is 57.3 Å². The van der Waals surface area contributed by atoms with Crippen molar-refractivity contribution in [3.8, 4) is 0 Å². The summed E-state index contributed by atoms with van der Waals surface area (Å²) >= 11 is 0. The fraction of sp³-hybridized carbons (Fsp3) is 0.684. The molecule has 1 aromatic rings. The van der Waals surface area contributed by atoms with Crippen LogP contribution >= 0.6 is 0 Å². The van der Waals surface area contributed by atoms with Crippen molar-refractivity contribution in [1.82, 2.24) is 5.32 Å². The summed E-state index contributed by atoms with van der Waals surface area (Å²) in [5.74, 6) is 1.32. The van der Waals surface area contributed by atoms with Gasteiger partial charge in [0.2, 0.25) is 0 Å². The Bertz CT molecular complexity index is 477. The molecule has 3 atom stereocenters. The third kappa shape index (κ3) is 2.76. The molecular formula is C19H29NO. The van der Waals surface area contributed by atoms with E-state index in [4.69, 9.17) is 4.74 Å². The first-order valence-electron chi connectivity index (χ1n) is 8.44. The molecule has 0 aromatic heterocycles. The Morgan fingerprint density at radius 3 is 2.62 bits per heavy atom. The molecule has 1 aliphatic carbocycles. The minimum absolute atomic E-state index is 0.267. The average Bonchev–Trinajstić information content (AvgIpc) is 2.48. The lowest BCUT2D eigenvalue weighted by atomic mass is 9.55. The Balaban J connectivity index is 1.59. The first-order valence-corrected chi connectivity index (χ1v) is 8.44. The largest absolute Gasteiger partial charge is 0.377 e. The second-order valence-electron chi connectivity index (χ2n) is 7.67. The lowest BCUT2D eigenvalue weighted by molar-refractivity contribution is -0.192. The van der Waals surface area contributed by atoms with Crippen LogP contribution in [0.5, 0.6) is 0 Å². The highest BCUT2D eigenvalue weighted by molar-refractivity contribution is 5.25. The van der Waals surface area contributed by atoms with Crippen LogP contribution in [0, 0.1) is 11.3 Å². The van der Waals surface area contributed by atoms with Crippen molar-refractivity contribution >= 4 is 0 Å². The normalized spacial score (nSPS) is 30.8. The first-order chi connectivity index (χ1) is 10.00. The lowest BCUT2D eigenvalue weighted by Crippen LogP contribution is -2.69. The van der Waals surface area contributed by atoms with E-state index in [-0.39, 0.29) is 5.41 Å². The van der Waals surface area contributed by atoms with E-state index in [0.717, 1.165) is 13.2 Å². The summed E-state index contributed by atoms with van der Waals surface area (Å²) in [5.41, 5.74) is 3.07. The molecule has 1 saturated carbocycles. The summed E-state index contributed by atoms with van der Waals surface area (Å²) in [4.78, 5) is 0. The number of fused-ring (bicyclic) bond motifs is 1. The molecule has 3 rings (SSSR count). The van der Waals surface area contributed by atoms with Crippen LogP contribution in [0.4, 0.5) is 0 Å². The summed E-state index contributed by atoms with van der Waals surface area (Å²) in [5, 5.41) is 3.79. The quantitative estimate of drug-likeness (QED) is 0.900. The molecule has 0 bridgehead atoms. The number of hydrogen-bond acceptors (Lipinski definition) is 2. The smallest absolute Gasteiger partial charge is 0.0684 e. The van der Waals surface area contributed by atoms with Crippen LogP contribution < -0.4 is 5.32 Å². The van der Waals surface area contributed by atoms with E-state index < -0.39 is 0 Å². The van der Waals surface area contributed by atoms with Crippen LogP contribution in [0.3, 0.4) is 0 Å². The second kappa shape index (κ2) is 5.73. The zero-order valence-corrected chi connectivity index (χ0v) is 13.9. The van der Waals surface area contributed by atoms with Crippen LogP contribution in [0.1, 0.15) is 57.6 Å². The average molecular weight is 287 g/mol. The number of hydrogen-bond donors (Lipinski definition) is 1. The summed E-state index contributed by atoms with van der Waals surface area (Å²) in [6.07, 6.45) is 3.00.